The summed E-state index contributed by atoms with van der Waals surface area (Å²) in [5, 5.41) is 11.7. The topological polar surface area (TPSA) is 78.0 Å². The van der Waals surface area contributed by atoms with E-state index in [1.54, 1.807) is 33.8 Å². The Balaban J connectivity index is 1.44. The third kappa shape index (κ3) is 3.66. The Morgan fingerprint density at radius 2 is 1.97 bits per heavy atom. The summed E-state index contributed by atoms with van der Waals surface area (Å²) in [6.07, 6.45) is 4.68. The summed E-state index contributed by atoms with van der Waals surface area (Å²) in [6.45, 7) is 2.07. The van der Waals surface area contributed by atoms with Crippen LogP contribution in [0.15, 0.2) is 60.2 Å². The number of hydrogen-bond acceptors (Lipinski definition) is 6. The molecule has 5 rings (SSSR count). The van der Waals surface area contributed by atoms with E-state index in [-0.39, 0.29) is 12.2 Å². The van der Waals surface area contributed by atoms with Crippen LogP contribution in [0.3, 0.4) is 0 Å². The first-order valence-electron chi connectivity index (χ1n) is 10.0. The van der Waals surface area contributed by atoms with E-state index in [2.05, 4.69) is 27.1 Å². The molecule has 1 aromatic carbocycles. The molecule has 0 aliphatic carbocycles. The summed E-state index contributed by atoms with van der Waals surface area (Å²) in [6, 6.07) is 13.7. The number of ketones is 1. The van der Waals surface area contributed by atoms with Crippen molar-refractivity contribution in [1.29, 1.82) is 0 Å². The van der Waals surface area contributed by atoms with E-state index in [0.717, 1.165) is 33.8 Å². The average Bonchev–Trinajstić information content (AvgIpc) is 3.51. The number of Topliss-reactive ketones (excluding diaryl/α,β-unsaturated/α-hetero) is 1. The van der Waals surface area contributed by atoms with Gasteiger partial charge in [0.05, 0.1) is 17.5 Å². The van der Waals surface area contributed by atoms with Crippen molar-refractivity contribution in [2.45, 2.75) is 19.8 Å². The van der Waals surface area contributed by atoms with Gasteiger partial charge in [-0.25, -0.2) is 14.5 Å². The Morgan fingerprint density at radius 3 is 2.74 bits per heavy atom. The Bertz CT molecular complexity index is 1380. The van der Waals surface area contributed by atoms with Crippen molar-refractivity contribution in [1.82, 2.24) is 29.4 Å². The lowest BCUT2D eigenvalue weighted by molar-refractivity contribution is 0.0984. The van der Waals surface area contributed by atoms with Crippen LogP contribution in [0.4, 0.5) is 0 Å². The summed E-state index contributed by atoms with van der Waals surface area (Å²) in [7, 11) is 1.79. The second kappa shape index (κ2) is 7.88. The lowest BCUT2D eigenvalue weighted by Crippen LogP contribution is -2.11. The Labute approximate surface area is 183 Å². The highest BCUT2D eigenvalue weighted by molar-refractivity contribution is 7.13. The van der Waals surface area contributed by atoms with Crippen molar-refractivity contribution < 1.29 is 4.79 Å². The molecule has 0 saturated carbocycles. The molecule has 0 N–H and O–H groups in total. The monoisotopic (exact) mass is 428 g/mol. The van der Waals surface area contributed by atoms with Crippen LogP contribution in [0, 0.1) is 0 Å². The van der Waals surface area contributed by atoms with Gasteiger partial charge in [-0.2, -0.15) is 5.10 Å². The van der Waals surface area contributed by atoms with Crippen LogP contribution in [0.1, 0.15) is 28.7 Å². The van der Waals surface area contributed by atoms with Gasteiger partial charge in [0.2, 0.25) is 0 Å². The molecule has 0 aliphatic heterocycles. The Kier molecular flexibility index (Phi) is 4.91. The smallest absolute Gasteiger partial charge is 0.185 e. The normalized spacial score (nSPS) is 11.3. The van der Waals surface area contributed by atoms with Crippen molar-refractivity contribution in [3.63, 3.8) is 0 Å². The van der Waals surface area contributed by atoms with E-state index < -0.39 is 0 Å². The number of hydrogen-bond donors (Lipinski definition) is 0. The largest absolute Gasteiger partial charge is 0.292 e. The number of benzene rings is 1. The van der Waals surface area contributed by atoms with Crippen molar-refractivity contribution in [3.8, 4) is 22.0 Å². The number of fused-ring (bicyclic) bond motifs is 1. The first-order chi connectivity index (χ1) is 15.1. The molecule has 0 unspecified atom stereocenters. The van der Waals surface area contributed by atoms with Gasteiger partial charge in [-0.05, 0) is 24.1 Å². The van der Waals surface area contributed by atoms with Crippen LogP contribution in [-0.4, -0.2) is 35.1 Å². The lowest BCUT2D eigenvalue weighted by Gasteiger charge is -2.05. The molecule has 7 nitrogen and oxygen atoms in total. The Morgan fingerprint density at radius 1 is 1.13 bits per heavy atom. The maximum Gasteiger partial charge on any atom is 0.185 e. The van der Waals surface area contributed by atoms with Crippen molar-refractivity contribution >= 4 is 22.8 Å². The summed E-state index contributed by atoms with van der Waals surface area (Å²) < 4.78 is 3.36. The van der Waals surface area contributed by atoms with Crippen LogP contribution in [0.2, 0.25) is 0 Å². The quantitative estimate of drug-likeness (QED) is 0.378. The molecular formula is C23H20N6OS. The standard InChI is InChI=1S/C23H20N6OS/c1-3-17-14-31-23(25-17)18-13-24-28(2)21(18)19(30)11-15-9-10-29-20(12-15)26-22(27-29)16-7-5-4-6-8-16/h4-10,12-14H,3,11H2,1-2H3. The molecule has 0 spiro atoms. The van der Waals surface area contributed by atoms with Crippen LogP contribution in [0.5, 0.6) is 0 Å². The summed E-state index contributed by atoms with van der Waals surface area (Å²) >= 11 is 1.54. The third-order valence-corrected chi connectivity index (χ3v) is 6.07. The lowest BCUT2D eigenvalue weighted by atomic mass is 10.1. The van der Waals surface area contributed by atoms with Crippen molar-refractivity contribution in [3.05, 3.63) is 77.2 Å². The summed E-state index contributed by atoms with van der Waals surface area (Å²) in [4.78, 5) is 22.5. The minimum atomic E-state index is -0.00426. The maximum atomic E-state index is 13.2. The van der Waals surface area contributed by atoms with Gasteiger partial charge >= 0.3 is 0 Å². The molecule has 8 heteroatoms. The van der Waals surface area contributed by atoms with Crippen LogP contribution in [-0.2, 0) is 19.9 Å². The number of carbonyl (C=O) groups excluding carboxylic acids is 1. The number of pyridine rings is 1. The van der Waals surface area contributed by atoms with Crippen molar-refractivity contribution in [2.75, 3.05) is 0 Å². The molecule has 0 radical (unpaired) electrons. The second-order valence-electron chi connectivity index (χ2n) is 7.27. The van der Waals surface area contributed by atoms with E-state index in [4.69, 9.17) is 0 Å². The predicted octanol–water partition coefficient (Wildman–Crippen LogP) is 4.24. The molecule has 0 saturated heterocycles. The zero-order valence-electron chi connectivity index (χ0n) is 17.2. The van der Waals surface area contributed by atoms with Gasteiger partial charge in [-0.3, -0.25) is 9.48 Å². The fraction of sp³-hybridized carbons (Fsp3) is 0.174. The van der Waals surface area contributed by atoms with Crippen molar-refractivity contribution in [2.24, 2.45) is 7.05 Å². The molecule has 4 heterocycles. The molecule has 0 amide bonds. The van der Waals surface area contributed by atoms with E-state index >= 15 is 0 Å². The summed E-state index contributed by atoms with van der Waals surface area (Å²) in [5.41, 5.74) is 4.93. The van der Waals surface area contributed by atoms with Crippen LogP contribution >= 0.6 is 11.3 Å². The molecule has 0 fully saturated rings. The summed E-state index contributed by atoms with van der Waals surface area (Å²) in [5.74, 6) is 0.656. The fourth-order valence-corrected chi connectivity index (χ4v) is 4.44. The van der Waals surface area contributed by atoms with E-state index in [1.165, 1.54) is 0 Å². The number of carbonyl (C=O) groups is 1. The predicted molar refractivity (Wildman–Crippen MR) is 120 cm³/mol. The minimum Gasteiger partial charge on any atom is -0.292 e. The van der Waals surface area contributed by atoms with E-state index in [9.17, 15) is 4.79 Å². The zero-order chi connectivity index (χ0) is 21.4. The van der Waals surface area contributed by atoms with Gasteiger partial charge in [0.1, 0.15) is 10.7 Å². The fourth-order valence-electron chi connectivity index (χ4n) is 3.53. The molecule has 31 heavy (non-hydrogen) atoms. The number of nitrogens with zero attached hydrogens (tertiary/aromatic N) is 6. The molecule has 0 atom stereocenters. The van der Waals surface area contributed by atoms with Gasteiger partial charge in [0, 0.05) is 30.6 Å². The zero-order valence-corrected chi connectivity index (χ0v) is 18.0. The molecule has 5 aromatic rings. The van der Waals surface area contributed by atoms with Gasteiger partial charge in [-0.15, -0.1) is 16.4 Å². The molecule has 0 aliphatic rings. The number of thiazole rings is 1. The third-order valence-electron chi connectivity index (χ3n) is 5.15. The molecule has 4 aromatic heterocycles. The van der Waals surface area contributed by atoms with Gasteiger partial charge < -0.3 is 0 Å². The number of aromatic nitrogens is 6. The SMILES string of the molecule is CCc1csc(-c2cnn(C)c2C(=O)Cc2ccn3nc(-c4ccccc4)nc3c2)n1. The highest BCUT2D eigenvalue weighted by Gasteiger charge is 2.21. The highest BCUT2D eigenvalue weighted by atomic mass is 32.1. The number of rotatable bonds is 6. The highest BCUT2D eigenvalue weighted by Crippen LogP contribution is 2.28. The number of aryl methyl sites for hydroxylation is 2. The average molecular weight is 429 g/mol. The van der Waals surface area contributed by atoms with Crippen LogP contribution < -0.4 is 0 Å². The van der Waals surface area contributed by atoms with E-state index in [1.807, 2.05) is 54.0 Å². The van der Waals surface area contributed by atoms with Gasteiger partial charge in [0.25, 0.3) is 0 Å². The second-order valence-corrected chi connectivity index (χ2v) is 8.13. The van der Waals surface area contributed by atoms with E-state index in [0.29, 0.717) is 17.2 Å². The molecule has 154 valence electrons. The maximum absolute atomic E-state index is 13.2. The van der Waals surface area contributed by atoms with Crippen LogP contribution in [0.25, 0.3) is 27.6 Å². The first kappa shape index (κ1) is 19.3. The first-order valence-corrected chi connectivity index (χ1v) is 10.9. The van der Waals surface area contributed by atoms with Gasteiger partial charge in [-0.1, -0.05) is 37.3 Å². The molecular weight excluding hydrogens is 408 g/mol. The minimum absolute atomic E-state index is 0.00426. The molecule has 0 bridgehead atoms. The Hall–Kier alpha value is -3.65. The van der Waals surface area contributed by atoms with Gasteiger partial charge in [0.15, 0.2) is 17.3 Å².